The maximum Gasteiger partial charge on any atom is 0.156 e. The van der Waals surface area contributed by atoms with E-state index in [0.29, 0.717) is 0 Å². The van der Waals surface area contributed by atoms with Crippen LogP contribution in [0.4, 0.5) is 5.82 Å². The van der Waals surface area contributed by atoms with Crippen molar-refractivity contribution in [1.82, 2.24) is 9.78 Å². The lowest BCUT2D eigenvalue weighted by molar-refractivity contribution is 0.625. The van der Waals surface area contributed by atoms with Crippen LogP contribution in [0.1, 0.15) is 29.5 Å². The second-order valence-electron chi connectivity index (χ2n) is 7.34. The van der Waals surface area contributed by atoms with Gasteiger partial charge in [0.25, 0.3) is 0 Å². The van der Waals surface area contributed by atoms with Gasteiger partial charge in [0.2, 0.25) is 0 Å². The molecule has 1 N–H and O–H groups in total. The van der Waals surface area contributed by atoms with Crippen molar-refractivity contribution >= 4 is 16.8 Å². The number of anilines is 1. The monoisotopic (exact) mass is 357 g/mol. The van der Waals surface area contributed by atoms with Gasteiger partial charge in [-0.3, -0.25) is 0 Å². The van der Waals surface area contributed by atoms with Crippen molar-refractivity contribution in [3.05, 3.63) is 65.2 Å². The molecule has 3 heterocycles. The molecule has 0 bridgehead atoms. The highest BCUT2D eigenvalue weighted by Gasteiger charge is 2.24. The topological polar surface area (TPSA) is 43.0 Å². The fourth-order valence-electron chi connectivity index (χ4n) is 3.94. The van der Waals surface area contributed by atoms with Gasteiger partial charge in [-0.2, -0.15) is 5.10 Å². The summed E-state index contributed by atoms with van der Waals surface area (Å²) in [6, 6.07) is 16.6. The van der Waals surface area contributed by atoms with Crippen molar-refractivity contribution in [1.29, 1.82) is 0 Å². The molecular formula is C23H23N3O. The number of para-hydroxylation sites is 1. The second kappa shape index (κ2) is 6.31. The van der Waals surface area contributed by atoms with E-state index >= 15 is 0 Å². The van der Waals surface area contributed by atoms with Crippen LogP contribution >= 0.6 is 0 Å². The quantitative estimate of drug-likeness (QED) is 0.504. The molecule has 0 spiro atoms. The van der Waals surface area contributed by atoms with Gasteiger partial charge < -0.3 is 9.73 Å². The molecule has 0 saturated carbocycles. The van der Waals surface area contributed by atoms with E-state index in [1.165, 1.54) is 23.1 Å². The van der Waals surface area contributed by atoms with Crippen LogP contribution in [0.3, 0.4) is 0 Å². The highest BCUT2D eigenvalue weighted by molar-refractivity contribution is 5.83. The summed E-state index contributed by atoms with van der Waals surface area (Å²) in [5, 5.41) is 9.77. The van der Waals surface area contributed by atoms with Crippen molar-refractivity contribution in [3.8, 4) is 17.1 Å². The molecule has 0 amide bonds. The van der Waals surface area contributed by atoms with Crippen molar-refractivity contribution in [2.75, 3.05) is 11.9 Å². The largest absolute Gasteiger partial charge is 0.454 e. The predicted molar refractivity (Wildman–Crippen MR) is 110 cm³/mol. The molecule has 1 aliphatic heterocycles. The summed E-state index contributed by atoms with van der Waals surface area (Å²) in [4.78, 5) is 0. The molecule has 4 heteroatoms. The van der Waals surface area contributed by atoms with Gasteiger partial charge in [0.1, 0.15) is 17.1 Å². The third kappa shape index (κ3) is 2.64. The molecule has 0 fully saturated rings. The molecule has 5 rings (SSSR count). The Hall–Kier alpha value is -3.01. The Morgan fingerprint density at radius 3 is 2.81 bits per heavy atom. The number of rotatable bonds is 2. The summed E-state index contributed by atoms with van der Waals surface area (Å²) in [6.07, 6.45) is 3.34. The van der Waals surface area contributed by atoms with Crippen molar-refractivity contribution in [3.63, 3.8) is 0 Å². The van der Waals surface area contributed by atoms with Gasteiger partial charge in [-0.1, -0.05) is 30.3 Å². The van der Waals surface area contributed by atoms with E-state index in [1.807, 2.05) is 18.2 Å². The molecule has 0 atom stereocenters. The highest BCUT2D eigenvalue weighted by atomic mass is 16.3. The fraction of sp³-hybridized carbons (Fsp3) is 0.261. The van der Waals surface area contributed by atoms with Gasteiger partial charge in [-0.25, -0.2) is 4.68 Å². The van der Waals surface area contributed by atoms with Crippen LogP contribution in [0.2, 0.25) is 0 Å². The van der Waals surface area contributed by atoms with Gasteiger partial charge in [0, 0.05) is 17.5 Å². The number of furan rings is 1. The maximum absolute atomic E-state index is 6.16. The van der Waals surface area contributed by atoms with E-state index in [9.17, 15) is 0 Å². The number of benzene rings is 2. The smallest absolute Gasteiger partial charge is 0.156 e. The lowest BCUT2D eigenvalue weighted by Gasteiger charge is -2.13. The number of fused-ring (bicyclic) bond motifs is 2. The SMILES string of the molecule is Cc1cccc(-n2nc(-c3cc4ccccc4o3)c3c2NCCCC3)c1C. The average molecular weight is 357 g/mol. The van der Waals surface area contributed by atoms with Crippen LogP contribution in [-0.2, 0) is 6.42 Å². The summed E-state index contributed by atoms with van der Waals surface area (Å²) in [5.74, 6) is 1.96. The van der Waals surface area contributed by atoms with Gasteiger partial charge in [-0.15, -0.1) is 0 Å². The molecule has 4 aromatic rings. The number of nitrogens with one attached hydrogen (secondary N) is 1. The molecule has 0 saturated heterocycles. The van der Waals surface area contributed by atoms with Crippen LogP contribution in [0.15, 0.2) is 52.9 Å². The molecule has 0 unspecified atom stereocenters. The Kier molecular flexibility index (Phi) is 3.78. The molecule has 0 radical (unpaired) electrons. The van der Waals surface area contributed by atoms with Crippen LogP contribution < -0.4 is 5.32 Å². The zero-order valence-corrected chi connectivity index (χ0v) is 15.7. The Morgan fingerprint density at radius 2 is 1.93 bits per heavy atom. The molecule has 2 aromatic carbocycles. The first-order chi connectivity index (χ1) is 13.2. The van der Waals surface area contributed by atoms with Crippen LogP contribution in [0.25, 0.3) is 28.1 Å². The molecular weight excluding hydrogens is 334 g/mol. The van der Waals surface area contributed by atoms with Crippen LogP contribution in [-0.4, -0.2) is 16.3 Å². The zero-order chi connectivity index (χ0) is 18.4. The standard InChI is InChI=1S/C23H23N3O/c1-15-8-7-11-19(16(15)2)26-23-18(10-5-6-13-24-23)22(25-26)21-14-17-9-3-4-12-20(17)27-21/h3-4,7-9,11-12,14,24H,5-6,10,13H2,1-2H3. The average Bonchev–Trinajstić information content (AvgIpc) is 3.17. The Labute approximate surface area is 158 Å². The minimum absolute atomic E-state index is 0.847. The minimum atomic E-state index is 0.847. The van der Waals surface area contributed by atoms with E-state index in [4.69, 9.17) is 9.52 Å². The first kappa shape index (κ1) is 16.2. The summed E-state index contributed by atoms with van der Waals surface area (Å²) in [5.41, 5.74) is 6.77. The van der Waals surface area contributed by atoms with E-state index in [-0.39, 0.29) is 0 Å². The lowest BCUT2D eigenvalue weighted by Crippen LogP contribution is -2.08. The van der Waals surface area contributed by atoms with E-state index in [2.05, 4.69) is 54.2 Å². The molecule has 4 nitrogen and oxygen atoms in total. The van der Waals surface area contributed by atoms with Crippen LogP contribution in [0, 0.1) is 13.8 Å². The number of hydrogen-bond donors (Lipinski definition) is 1. The van der Waals surface area contributed by atoms with Gasteiger partial charge in [0.05, 0.1) is 5.69 Å². The summed E-state index contributed by atoms with van der Waals surface area (Å²) >= 11 is 0. The molecule has 1 aliphatic rings. The molecule has 136 valence electrons. The molecule has 0 aliphatic carbocycles. The lowest BCUT2D eigenvalue weighted by atomic mass is 10.1. The third-order valence-corrected chi connectivity index (χ3v) is 5.59. The summed E-state index contributed by atoms with van der Waals surface area (Å²) in [7, 11) is 0. The van der Waals surface area contributed by atoms with E-state index < -0.39 is 0 Å². The Bertz CT molecular complexity index is 1100. The zero-order valence-electron chi connectivity index (χ0n) is 15.7. The summed E-state index contributed by atoms with van der Waals surface area (Å²) < 4.78 is 8.24. The maximum atomic E-state index is 6.16. The first-order valence-electron chi connectivity index (χ1n) is 9.63. The number of hydrogen-bond acceptors (Lipinski definition) is 3. The normalized spacial score (nSPS) is 14.0. The van der Waals surface area contributed by atoms with Gasteiger partial charge in [0.15, 0.2) is 5.76 Å². The van der Waals surface area contributed by atoms with E-state index in [0.717, 1.165) is 53.3 Å². The molecule has 2 aromatic heterocycles. The van der Waals surface area contributed by atoms with Crippen molar-refractivity contribution < 1.29 is 4.42 Å². The molecule has 27 heavy (non-hydrogen) atoms. The Morgan fingerprint density at radius 1 is 1.04 bits per heavy atom. The number of nitrogens with zero attached hydrogens (tertiary/aromatic N) is 2. The fourth-order valence-corrected chi connectivity index (χ4v) is 3.94. The van der Waals surface area contributed by atoms with Gasteiger partial charge >= 0.3 is 0 Å². The van der Waals surface area contributed by atoms with Crippen molar-refractivity contribution in [2.45, 2.75) is 33.1 Å². The number of aryl methyl sites for hydroxylation is 1. The van der Waals surface area contributed by atoms with Gasteiger partial charge in [-0.05, 0) is 62.4 Å². The number of aromatic nitrogens is 2. The van der Waals surface area contributed by atoms with Crippen molar-refractivity contribution in [2.24, 2.45) is 0 Å². The third-order valence-electron chi connectivity index (χ3n) is 5.59. The summed E-state index contributed by atoms with van der Waals surface area (Å²) in [6.45, 7) is 5.29. The van der Waals surface area contributed by atoms with Crippen LogP contribution in [0.5, 0.6) is 0 Å². The van der Waals surface area contributed by atoms with E-state index in [1.54, 1.807) is 0 Å². The second-order valence-corrected chi connectivity index (χ2v) is 7.34. The Balaban J connectivity index is 1.74. The highest BCUT2D eigenvalue weighted by Crippen LogP contribution is 2.37. The predicted octanol–water partition coefficient (Wildman–Crippen LogP) is 5.65. The first-order valence-corrected chi connectivity index (χ1v) is 9.63. The minimum Gasteiger partial charge on any atom is -0.454 e.